The minimum atomic E-state index is 0.335. The van der Waals surface area contributed by atoms with Gasteiger partial charge < -0.3 is 5.73 Å². The van der Waals surface area contributed by atoms with E-state index in [-0.39, 0.29) is 0 Å². The maximum absolute atomic E-state index is 6.06. The van der Waals surface area contributed by atoms with Crippen molar-refractivity contribution < 1.29 is 0 Å². The standard InChI is InChI=1S/C13H23N3S/c1-9(2)13-15-12(8-17-13)7-16-5-10(3)4-11(14)6-16/h8-11H,4-7,14H2,1-3H3. The van der Waals surface area contributed by atoms with Crippen molar-refractivity contribution in [3.05, 3.63) is 16.1 Å². The van der Waals surface area contributed by atoms with Crippen LogP contribution < -0.4 is 5.73 Å². The number of thiazole rings is 1. The van der Waals surface area contributed by atoms with E-state index in [0.717, 1.165) is 26.1 Å². The van der Waals surface area contributed by atoms with Gasteiger partial charge >= 0.3 is 0 Å². The SMILES string of the molecule is CC1CC(N)CN(Cc2csc(C(C)C)n2)C1. The van der Waals surface area contributed by atoms with Crippen molar-refractivity contribution in [3.8, 4) is 0 Å². The minimum Gasteiger partial charge on any atom is -0.327 e. The quantitative estimate of drug-likeness (QED) is 0.899. The first-order valence-corrected chi connectivity index (χ1v) is 7.34. The molecule has 96 valence electrons. The van der Waals surface area contributed by atoms with E-state index in [1.165, 1.54) is 10.7 Å². The smallest absolute Gasteiger partial charge is 0.0954 e. The molecular weight excluding hydrogens is 230 g/mol. The van der Waals surface area contributed by atoms with Crippen LogP contribution in [0.15, 0.2) is 5.38 Å². The van der Waals surface area contributed by atoms with Gasteiger partial charge in [-0.1, -0.05) is 20.8 Å². The summed E-state index contributed by atoms with van der Waals surface area (Å²) in [4.78, 5) is 7.13. The highest BCUT2D eigenvalue weighted by molar-refractivity contribution is 7.09. The summed E-state index contributed by atoms with van der Waals surface area (Å²) >= 11 is 1.78. The Labute approximate surface area is 108 Å². The molecule has 17 heavy (non-hydrogen) atoms. The van der Waals surface area contributed by atoms with Gasteiger partial charge in [-0.05, 0) is 12.3 Å². The lowest BCUT2D eigenvalue weighted by Gasteiger charge is -2.34. The van der Waals surface area contributed by atoms with Crippen molar-refractivity contribution in [1.29, 1.82) is 0 Å². The molecule has 0 amide bonds. The van der Waals surface area contributed by atoms with Crippen molar-refractivity contribution in [2.45, 2.75) is 45.7 Å². The lowest BCUT2D eigenvalue weighted by Crippen LogP contribution is -2.45. The molecule has 0 aromatic carbocycles. The monoisotopic (exact) mass is 253 g/mol. The Hall–Kier alpha value is -0.450. The molecule has 1 aromatic rings. The van der Waals surface area contributed by atoms with Crippen molar-refractivity contribution >= 4 is 11.3 Å². The van der Waals surface area contributed by atoms with Crippen LogP contribution in [0.1, 0.15) is 43.8 Å². The van der Waals surface area contributed by atoms with Crippen LogP contribution in [0.3, 0.4) is 0 Å². The van der Waals surface area contributed by atoms with E-state index in [4.69, 9.17) is 5.73 Å². The Morgan fingerprint density at radius 2 is 2.29 bits per heavy atom. The van der Waals surface area contributed by atoms with Gasteiger partial charge in [-0.25, -0.2) is 4.98 Å². The molecule has 0 radical (unpaired) electrons. The normalized spacial score (nSPS) is 26.6. The number of nitrogens with two attached hydrogens (primary N) is 1. The molecule has 2 rings (SSSR count). The first-order valence-electron chi connectivity index (χ1n) is 6.47. The number of hydrogen-bond donors (Lipinski definition) is 1. The van der Waals surface area contributed by atoms with Gasteiger partial charge in [-0.15, -0.1) is 11.3 Å². The van der Waals surface area contributed by atoms with Crippen LogP contribution >= 0.6 is 11.3 Å². The average molecular weight is 253 g/mol. The van der Waals surface area contributed by atoms with Crippen LogP contribution in [0, 0.1) is 5.92 Å². The molecule has 1 aliphatic rings. The van der Waals surface area contributed by atoms with Gasteiger partial charge in [0.25, 0.3) is 0 Å². The topological polar surface area (TPSA) is 42.1 Å². The zero-order valence-electron chi connectivity index (χ0n) is 11.0. The molecule has 0 bridgehead atoms. The number of aromatic nitrogens is 1. The average Bonchev–Trinajstić information content (AvgIpc) is 2.64. The Balaban J connectivity index is 1.95. The number of likely N-dealkylation sites (tertiary alicyclic amines) is 1. The largest absolute Gasteiger partial charge is 0.327 e. The van der Waals surface area contributed by atoms with E-state index in [1.54, 1.807) is 11.3 Å². The molecule has 2 unspecified atom stereocenters. The van der Waals surface area contributed by atoms with Crippen molar-refractivity contribution in [1.82, 2.24) is 9.88 Å². The predicted molar refractivity (Wildman–Crippen MR) is 73.2 cm³/mol. The second-order valence-corrected chi connectivity index (χ2v) is 6.52. The second kappa shape index (κ2) is 5.46. The molecule has 1 saturated heterocycles. The Morgan fingerprint density at radius 1 is 1.53 bits per heavy atom. The molecule has 0 spiro atoms. The van der Waals surface area contributed by atoms with E-state index >= 15 is 0 Å². The minimum absolute atomic E-state index is 0.335. The molecular formula is C13H23N3S. The van der Waals surface area contributed by atoms with Gasteiger partial charge in [-0.2, -0.15) is 0 Å². The van der Waals surface area contributed by atoms with E-state index in [1.807, 2.05) is 0 Å². The van der Waals surface area contributed by atoms with Gasteiger partial charge in [0.15, 0.2) is 0 Å². The van der Waals surface area contributed by atoms with Crippen LogP contribution in [0.25, 0.3) is 0 Å². The van der Waals surface area contributed by atoms with Crippen LogP contribution in [0.5, 0.6) is 0 Å². The number of nitrogens with zero attached hydrogens (tertiary/aromatic N) is 2. The summed E-state index contributed by atoms with van der Waals surface area (Å²) in [6.07, 6.45) is 1.16. The number of hydrogen-bond acceptors (Lipinski definition) is 4. The van der Waals surface area contributed by atoms with Crippen LogP contribution in [-0.4, -0.2) is 29.0 Å². The molecule has 0 saturated carbocycles. The zero-order chi connectivity index (χ0) is 12.4. The van der Waals surface area contributed by atoms with Crippen molar-refractivity contribution in [3.63, 3.8) is 0 Å². The van der Waals surface area contributed by atoms with Gasteiger partial charge in [0.2, 0.25) is 0 Å². The first kappa shape index (κ1) is 13.0. The second-order valence-electron chi connectivity index (χ2n) is 5.63. The van der Waals surface area contributed by atoms with E-state index in [9.17, 15) is 0 Å². The number of piperidine rings is 1. The summed E-state index contributed by atoms with van der Waals surface area (Å²) in [6.45, 7) is 9.80. The first-order chi connectivity index (χ1) is 8.04. The molecule has 0 aliphatic carbocycles. The molecule has 1 aliphatic heterocycles. The lowest BCUT2D eigenvalue weighted by molar-refractivity contribution is 0.157. The number of rotatable bonds is 3. The Morgan fingerprint density at radius 3 is 2.88 bits per heavy atom. The maximum Gasteiger partial charge on any atom is 0.0954 e. The Kier molecular flexibility index (Phi) is 4.17. The molecule has 2 N–H and O–H groups in total. The fourth-order valence-corrected chi connectivity index (χ4v) is 3.36. The molecule has 3 nitrogen and oxygen atoms in total. The zero-order valence-corrected chi connectivity index (χ0v) is 11.8. The molecule has 1 fully saturated rings. The summed E-state index contributed by atoms with van der Waals surface area (Å²) in [5, 5.41) is 3.44. The van der Waals surface area contributed by atoms with Crippen LogP contribution in [0.2, 0.25) is 0 Å². The van der Waals surface area contributed by atoms with Gasteiger partial charge in [0.1, 0.15) is 0 Å². The molecule has 2 heterocycles. The van der Waals surface area contributed by atoms with E-state index < -0.39 is 0 Å². The molecule has 1 aromatic heterocycles. The van der Waals surface area contributed by atoms with Crippen LogP contribution in [-0.2, 0) is 6.54 Å². The third-order valence-corrected chi connectivity index (χ3v) is 4.41. The summed E-state index contributed by atoms with van der Waals surface area (Å²) in [5.41, 5.74) is 7.27. The van der Waals surface area contributed by atoms with Gasteiger partial charge in [-0.3, -0.25) is 4.90 Å². The third-order valence-electron chi connectivity index (χ3n) is 3.22. The van der Waals surface area contributed by atoms with Crippen molar-refractivity contribution in [2.75, 3.05) is 13.1 Å². The van der Waals surface area contributed by atoms with E-state index in [2.05, 4.69) is 36.0 Å². The van der Waals surface area contributed by atoms with Gasteiger partial charge in [0, 0.05) is 37.0 Å². The van der Waals surface area contributed by atoms with E-state index in [0.29, 0.717) is 17.9 Å². The van der Waals surface area contributed by atoms with Crippen LogP contribution in [0.4, 0.5) is 0 Å². The maximum atomic E-state index is 6.06. The lowest BCUT2D eigenvalue weighted by atomic mass is 9.96. The third kappa shape index (κ3) is 3.50. The Bertz CT molecular complexity index is 351. The van der Waals surface area contributed by atoms with Crippen molar-refractivity contribution in [2.24, 2.45) is 11.7 Å². The highest BCUT2D eigenvalue weighted by atomic mass is 32.1. The fraction of sp³-hybridized carbons (Fsp3) is 0.769. The van der Waals surface area contributed by atoms with Gasteiger partial charge in [0.05, 0.1) is 10.7 Å². The summed E-state index contributed by atoms with van der Waals surface area (Å²) in [5.74, 6) is 1.25. The predicted octanol–water partition coefficient (Wildman–Crippen LogP) is 2.44. The summed E-state index contributed by atoms with van der Waals surface area (Å²) < 4.78 is 0. The highest BCUT2D eigenvalue weighted by Crippen LogP contribution is 2.22. The molecule has 4 heteroatoms. The summed E-state index contributed by atoms with van der Waals surface area (Å²) in [6, 6.07) is 0.335. The summed E-state index contributed by atoms with van der Waals surface area (Å²) in [7, 11) is 0. The fourth-order valence-electron chi connectivity index (χ4n) is 2.53. The highest BCUT2D eigenvalue weighted by Gasteiger charge is 2.22. The molecule has 2 atom stereocenters.